The highest BCUT2D eigenvalue weighted by atomic mass is 19.4. The highest BCUT2D eigenvalue weighted by Gasteiger charge is 2.31. The lowest BCUT2D eigenvalue weighted by molar-refractivity contribution is -0.137. The molecule has 1 fully saturated rings. The van der Waals surface area contributed by atoms with Gasteiger partial charge in [-0.05, 0) is 43.7 Å². The van der Waals surface area contributed by atoms with E-state index in [0.29, 0.717) is 19.0 Å². The van der Waals surface area contributed by atoms with Crippen LogP contribution < -0.4 is 5.32 Å². The molecule has 0 aliphatic carbocycles. The van der Waals surface area contributed by atoms with E-state index in [0.717, 1.165) is 37.2 Å². The highest BCUT2D eigenvalue weighted by Crippen LogP contribution is 2.31. The second-order valence-corrected chi connectivity index (χ2v) is 7.52. The number of hydrogen-bond acceptors (Lipinski definition) is 5. The standard InChI is InChI=1S/C22H21F3N4O2/c23-22(24,25)17-8-4-6-15(12-17)20-27-19(31-28-20)14-29-11-5-7-16(13-29)21(30)26-18-9-2-1-3-10-18/h1-4,6,8-10,12,16H,5,7,11,13-14H2,(H,26,30)/t16-/m0/s1. The van der Waals surface area contributed by atoms with Gasteiger partial charge in [0.1, 0.15) is 0 Å². The fourth-order valence-electron chi connectivity index (χ4n) is 3.64. The maximum atomic E-state index is 12.9. The Kier molecular flexibility index (Phi) is 6.03. The summed E-state index contributed by atoms with van der Waals surface area (Å²) in [5.74, 6) is 0.207. The molecule has 0 radical (unpaired) electrons. The molecule has 1 saturated heterocycles. The number of amides is 1. The molecule has 1 N–H and O–H groups in total. The maximum Gasteiger partial charge on any atom is 0.416 e. The number of benzene rings is 2. The number of halogens is 3. The van der Waals surface area contributed by atoms with Gasteiger partial charge in [-0.15, -0.1) is 0 Å². The Bertz CT molecular complexity index is 1040. The van der Waals surface area contributed by atoms with Crippen molar-refractivity contribution in [3.8, 4) is 11.4 Å². The summed E-state index contributed by atoms with van der Waals surface area (Å²) in [5, 5.41) is 6.76. The van der Waals surface area contributed by atoms with Gasteiger partial charge in [0.2, 0.25) is 17.6 Å². The topological polar surface area (TPSA) is 71.3 Å². The molecule has 1 aliphatic rings. The predicted octanol–water partition coefficient (Wildman–Crippen LogP) is 4.61. The zero-order chi connectivity index (χ0) is 21.8. The van der Waals surface area contributed by atoms with Gasteiger partial charge in [-0.1, -0.05) is 35.5 Å². The third-order valence-corrected chi connectivity index (χ3v) is 5.19. The molecule has 0 unspecified atom stereocenters. The predicted molar refractivity (Wildman–Crippen MR) is 108 cm³/mol. The van der Waals surface area contributed by atoms with Crippen LogP contribution in [0.3, 0.4) is 0 Å². The lowest BCUT2D eigenvalue weighted by Crippen LogP contribution is -2.40. The van der Waals surface area contributed by atoms with E-state index in [2.05, 4.69) is 15.5 Å². The molecule has 31 heavy (non-hydrogen) atoms. The summed E-state index contributed by atoms with van der Waals surface area (Å²) >= 11 is 0. The van der Waals surface area contributed by atoms with Crippen LogP contribution in [-0.4, -0.2) is 34.0 Å². The van der Waals surface area contributed by atoms with E-state index in [9.17, 15) is 18.0 Å². The number of nitrogens with one attached hydrogen (secondary N) is 1. The van der Waals surface area contributed by atoms with Crippen LogP contribution in [0, 0.1) is 5.92 Å². The Morgan fingerprint density at radius 1 is 1.16 bits per heavy atom. The van der Waals surface area contributed by atoms with Gasteiger partial charge in [-0.3, -0.25) is 9.69 Å². The quantitative estimate of drug-likeness (QED) is 0.640. The van der Waals surface area contributed by atoms with Gasteiger partial charge in [0, 0.05) is 17.8 Å². The minimum atomic E-state index is -4.44. The van der Waals surface area contributed by atoms with E-state index in [4.69, 9.17) is 4.52 Å². The molecular weight excluding hydrogens is 409 g/mol. The van der Waals surface area contributed by atoms with E-state index < -0.39 is 11.7 Å². The largest absolute Gasteiger partial charge is 0.416 e. The summed E-state index contributed by atoms with van der Waals surface area (Å²) in [5.41, 5.74) is 0.232. The number of carbonyl (C=O) groups is 1. The van der Waals surface area contributed by atoms with Crippen molar-refractivity contribution in [1.29, 1.82) is 0 Å². The summed E-state index contributed by atoms with van der Waals surface area (Å²) in [7, 11) is 0. The van der Waals surface area contributed by atoms with Crippen LogP contribution in [0.25, 0.3) is 11.4 Å². The first-order valence-electron chi connectivity index (χ1n) is 9.97. The van der Waals surface area contributed by atoms with E-state index in [1.807, 2.05) is 35.2 Å². The molecule has 0 bridgehead atoms. The Balaban J connectivity index is 1.39. The van der Waals surface area contributed by atoms with Crippen molar-refractivity contribution in [2.24, 2.45) is 5.92 Å². The molecule has 2 aromatic carbocycles. The number of hydrogen-bond donors (Lipinski definition) is 1. The Morgan fingerprint density at radius 3 is 2.74 bits per heavy atom. The first-order valence-corrected chi connectivity index (χ1v) is 9.97. The summed E-state index contributed by atoms with van der Waals surface area (Å²) in [6.45, 7) is 1.65. The van der Waals surface area contributed by atoms with Crippen LogP contribution in [0.4, 0.5) is 18.9 Å². The smallest absolute Gasteiger partial charge is 0.338 e. The number of piperidine rings is 1. The number of rotatable bonds is 5. The molecule has 0 spiro atoms. The van der Waals surface area contributed by atoms with E-state index in [1.54, 1.807) is 0 Å². The maximum absolute atomic E-state index is 12.9. The summed E-state index contributed by atoms with van der Waals surface area (Å²) in [6, 6.07) is 14.1. The molecule has 0 saturated carbocycles. The minimum absolute atomic E-state index is 0.0360. The Labute approximate surface area is 177 Å². The van der Waals surface area contributed by atoms with E-state index >= 15 is 0 Å². The summed E-state index contributed by atoms with van der Waals surface area (Å²) < 4.78 is 44.1. The number of aromatic nitrogens is 2. The van der Waals surface area contributed by atoms with Gasteiger partial charge >= 0.3 is 6.18 Å². The Hall–Kier alpha value is -3.20. The fraction of sp³-hybridized carbons (Fsp3) is 0.318. The zero-order valence-corrected chi connectivity index (χ0v) is 16.6. The monoisotopic (exact) mass is 430 g/mol. The second-order valence-electron chi connectivity index (χ2n) is 7.52. The first-order chi connectivity index (χ1) is 14.9. The molecule has 3 aromatic rings. The van der Waals surface area contributed by atoms with Crippen LogP contribution in [0.1, 0.15) is 24.3 Å². The van der Waals surface area contributed by atoms with Crippen molar-refractivity contribution >= 4 is 11.6 Å². The van der Waals surface area contributed by atoms with Gasteiger partial charge in [0.05, 0.1) is 18.0 Å². The van der Waals surface area contributed by atoms with Crippen molar-refractivity contribution < 1.29 is 22.5 Å². The molecule has 162 valence electrons. The third-order valence-electron chi connectivity index (χ3n) is 5.19. The number of para-hydroxylation sites is 1. The number of anilines is 1. The Morgan fingerprint density at radius 2 is 1.97 bits per heavy atom. The first kappa shape index (κ1) is 21.0. The summed E-state index contributed by atoms with van der Waals surface area (Å²) in [6.07, 6.45) is -2.80. The van der Waals surface area contributed by atoms with Gasteiger partial charge in [-0.25, -0.2) is 0 Å². The van der Waals surface area contributed by atoms with Crippen LogP contribution in [0.15, 0.2) is 59.1 Å². The van der Waals surface area contributed by atoms with Gasteiger partial charge < -0.3 is 9.84 Å². The number of alkyl halides is 3. The van der Waals surface area contributed by atoms with Crippen LogP contribution in [0.2, 0.25) is 0 Å². The van der Waals surface area contributed by atoms with Gasteiger partial charge in [0.15, 0.2) is 0 Å². The van der Waals surface area contributed by atoms with Gasteiger partial charge in [-0.2, -0.15) is 18.2 Å². The molecular formula is C22H21F3N4O2. The van der Waals surface area contributed by atoms with Crippen molar-refractivity contribution in [2.75, 3.05) is 18.4 Å². The molecule has 1 aromatic heterocycles. The summed E-state index contributed by atoms with van der Waals surface area (Å²) in [4.78, 5) is 18.9. The molecule has 4 rings (SSSR count). The molecule has 1 amide bonds. The van der Waals surface area contributed by atoms with Crippen LogP contribution in [-0.2, 0) is 17.5 Å². The lowest BCUT2D eigenvalue weighted by Gasteiger charge is -2.30. The van der Waals surface area contributed by atoms with E-state index in [-0.39, 0.29) is 23.2 Å². The molecule has 9 heteroatoms. The molecule has 2 heterocycles. The number of carbonyl (C=O) groups excluding carboxylic acids is 1. The van der Waals surface area contributed by atoms with Crippen LogP contribution in [0.5, 0.6) is 0 Å². The van der Waals surface area contributed by atoms with Crippen molar-refractivity contribution in [3.63, 3.8) is 0 Å². The number of nitrogens with zero attached hydrogens (tertiary/aromatic N) is 3. The minimum Gasteiger partial charge on any atom is -0.338 e. The van der Waals surface area contributed by atoms with Crippen LogP contribution >= 0.6 is 0 Å². The molecule has 6 nitrogen and oxygen atoms in total. The van der Waals surface area contributed by atoms with E-state index in [1.165, 1.54) is 12.1 Å². The zero-order valence-electron chi connectivity index (χ0n) is 16.6. The average molecular weight is 430 g/mol. The molecule has 1 aliphatic heterocycles. The molecule has 1 atom stereocenters. The van der Waals surface area contributed by atoms with Crippen molar-refractivity contribution in [1.82, 2.24) is 15.0 Å². The third kappa shape index (κ3) is 5.29. The highest BCUT2D eigenvalue weighted by molar-refractivity contribution is 5.92. The number of likely N-dealkylation sites (tertiary alicyclic amines) is 1. The lowest BCUT2D eigenvalue weighted by atomic mass is 9.97. The second kappa shape index (κ2) is 8.89. The van der Waals surface area contributed by atoms with Crippen molar-refractivity contribution in [3.05, 3.63) is 66.1 Å². The van der Waals surface area contributed by atoms with Gasteiger partial charge in [0.25, 0.3) is 0 Å². The normalized spacial score (nSPS) is 17.5. The van der Waals surface area contributed by atoms with Crippen molar-refractivity contribution in [2.45, 2.75) is 25.6 Å². The fourth-order valence-corrected chi connectivity index (χ4v) is 3.64. The SMILES string of the molecule is O=C(Nc1ccccc1)[C@H]1CCCN(Cc2nc(-c3cccc(C(F)(F)F)c3)no2)C1. The average Bonchev–Trinajstić information content (AvgIpc) is 3.23.